The number of fused-ring (bicyclic) bond motifs is 1. The second-order valence-corrected chi connectivity index (χ2v) is 7.34. The Balaban J connectivity index is 1.95. The van der Waals surface area contributed by atoms with Crippen LogP contribution in [0.3, 0.4) is 0 Å². The SMILES string of the molecule is COC(=O)C1C(=O)Oc2ccc(Br)cc2C1C(=O)NC1CCCCC1. The maximum absolute atomic E-state index is 13.0. The van der Waals surface area contributed by atoms with E-state index >= 15 is 0 Å². The lowest BCUT2D eigenvalue weighted by Gasteiger charge is -2.31. The smallest absolute Gasteiger partial charge is 0.326 e. The largest absolute Gasteiger partial charge is 0.468 e. The van der Waals surface area contributed by atoms with Gasteiger partial charge in [-0.05, 0) is 31.0 Å². The van der Waals surface area contributed by atoms with Crippen molar-refractivity contribution in [3.8, 4) is 5.75 Å². The molecule has 3 rings (SSSR count). The van der Waals surface area contributed by atoms with Crippen LogP contribution in [-0.4, -0.2) is 31.0 Å². The van der Waals surface area contributed by atoms with Gasteiger partial charge in [0.05, 0.1) is 13.0 Å². The van der Waals surface area contributed by atoms with Crippen molar-refractivity contribution in [2.75, 3.05) is 7.11 Å². The predicted octanol–water partition coefficient (Wildman–Crippen LogP) is 2.69. The quantitative estimate of drug-likeness (QED) is 0.471. The molecule has 1 aliphatic carbocycles. The number of esters is 2. The van der Waals surface area contributed by atoms with Crippen molar-refractivity contribution < 1.29 is 23.9 Å². The number of carbonyl (C=O) groups is 3. The van der Waals surface area contributed by atoms with Crippen molar-refractivity contribution >= 4 is 33.8 Å². The summed E-state index contributed by atoms with van der Waals surface area (Å²) in [6.45, 7) is 0. The summed E-state index contributed by atoms with van der Waals surface area (Å²) in [4.78, 5) is 37.5. The molecule has 1 aliphatic heterocycles. The molecule has 2 unspecified atom stereocenters. The van der Waals surface area contributed by atoms with Crippen LogP contribution in [0.5, 0.6) is 5.75 Å². The van der Waals surface area contributed by atoms with E-state index in [1.54, 1.807) is 18.2 Å². The summed E-state index contributed by atoms with van der Waals surface area (Å²) in [5.41, 5.74) is 0.512. The molecule has 0 aromatic heterocycles. The summed E-state index contributed by atoms with van der Waals surface area (Å²) < 4.78 is 10.7. The fourth-order valence-corrected chi connectivity index (χ4v) is 3.91. The minimum Gasteiger partial charge on any atom is -0.468 e. The zero-order valence-corrected chi connectivity index (χ0v) is 15.5. The van der Waals surface area contributed by atoms with Crippen LogP contribution in [-0.2, 0) is 19.1 Å². The Bertz CT molecular complexity index is 699. The number of ether oxygens (including phenoxy) is 2. The van der Waals surface area contributed by atoms with Crippen molar-refractivity contribution in [1.29, 1.82) is 0 Å². The highest BCUT2D eigenvalue weighted by molar-refractivity contribution is 9.10. The molecule has 1 N–H and O–H groups in total. The standard InChI is InChI=1S/C18H20BrNO5/c1-24-17(22)15-14(16(21)20-11-5-3-2-4-6-11)12-9-10(19)7-8-13(12)25-18(15)23/h7-9,11,14-15H,2-6H2,1H3,(H,20,21). The molecule has 0 spiro atoms. The van der Waals surface area contributed by atoms with Crippen LogP contribution in [0.4, 0.5) is 0 Å². The Morgan fingerprint density at radius 3 is 2.60 bits per heavy atom. The number of benzene rings is 1. The van der Waals surface area contributed by atoms with Crippen LogP contribution in [0.1, 0.15) is 43.6 Å². The van der Waals surface area contributed by atoms with E-state index in [4.69, 9.17) is 9.47 Å². The molecule has 1 aromatic carbocycles. The van der Waals surface area contributed by atoms with Crippen molar-refractivity contribution in [3.63, 3.8) is 0 Å². The molecule has 7 heteroatoms. The normalized spacial score (nSPS) is 23.4. The molecule has 0 saturated heterocycles. The number of methoxy groups -OCH3 is 1. The van der Waals surface area contributed by atoms with E-state index in [1.807, 2.05) is 0 Å². The molecule has 134 valence electrons. The van der Waals surface area contributed by atoms with Gasteiger partial charge in [0.2, 0.25) is 5.91 Å². The minimum atomic E-state index is -1.30. The van der Waals surface area contributed by atoms with Gasteiger partial charge >= 0.3 is 11.9 Å². The molecule has 2 aliphatic rings. The maximum atomic E-state index is 13.0. The number of halogens is 1. The van der Waals surface area contributed by atoms with Gasteiger partial charge in [-0.15, -0.1) is 0 Å². The molecule has 6 nitrogen and oxygen atoms in total. The zero-order chi connectivity index (χ0) is 18.0. The Labute approximate surface area is 154 Å². The topological polar surface area (TPSA) is 81.7 Å². The van der Waals surface area contributed by atoms with Crippen molar-refractivity contribution in [3.05, 3.63) is 28.2 Å². The zero-order valence-electron chi connectivity index (χ0n) is 13.9. The highest BCUT2D eigenvalue weighted by atomic mass is 79.9. The van der Waals surface area contributed by atoms with E-state index in [0.29, 0.717) is 11.3 Å². The Kier molecular flexibility index (Phi) is 5.42. The van der Waals surface area contributed by atoms with Crippen LogP contribution in [0.2, 0.25) is 0 Å². The summed E-state index contributed by atoms with van der Waals surface area (Å²) in [5, 5.41) is 3.01. The first-order valence-electron chi connectivity index (χ1n) is 8.40. The number of hydrogen-bond donors (Lipinski definition) is 1. The van der Waals surface area contributed by atoms with Gasteiger partial charge in [-0.1, -0.05) is 35.2 Å². The summed E-state index contributed by atoms with van der Waals surface area (Å²) >= 11 is 3.37. The van der Waals surface area contributed by atoms with Gasteiger partial charge in [-0.2, -0.15) is 0 Å². The summed E-state index contributed by atoms with van der Waals surface area (Å²) in [5.74, 6) is -3.81. The Morgan fingerprint density at radius 1 is 1.20 bits per heavy atom. The number of carbonyl (C=O) groups excluding carboxylic acids is 3. The average Bonchev–Trinajstić information content (AvgIpc) is 2.61. The van der Waals surface area contributed by atoms with E-state index in [-0.39, 0.29) is 11.9 Å². The molecule has 2 atom stereocenters. The number of rotatable bonds is 3. The molecule has 0 radical (unpaired) electrons. The molecule has 1 saturated carbocycles. The molecule has 25 heavy (non-hydrogen) atoms. The van der Waals surface area contributed by atoms with E-state index in [9.17, 15) is 14.4 Å². The molecule has 0 bridgehead atoms. The lowest BCUT2D eigenvalue weighted by molar-refractivity contribution is -0.160. The van der Waals surface area contributed by atoms with Gasteiger partial charge in [0.1, 0.15) is 5.75 Å². The number of hydrogen-bond acceptors (Lipinski definition) is 5. The molecule has 1 heterocycles. The van der Waals surface area contributed by atoms with Gasteiger partial charge < -0.3 is 14.8 Å². The van der Waals surface area contributed by atoms with Crippen molar-refractivity contribution in [2.45, 2.75) is 44.1 Å². The van der Waals surface area contributed by atoms with Gasteiger partial charge in [0, 0.05) is 16.1 Å². The van der Waals surface area contributed by atoms with E-state index in [0.717, 1.165) is 30.2 Å². The molecule has 1 amide bonds. The third-order valence-corrected chi connectivity index (χ3v) is 5.29. The highest BCUT2D eigenvalue weighted by Gasteiger charge is 2.47. The summed E-state index contributed by atoms with van der Waals surface area (Å²) in [7, 11) is 1.20. The fraction of sp³-hybridized carbons (Fsp3) is 0.500. The van der Waals surface area contributed by atoms with Crippen molar-refractivity contribution in [2.24, 2.45) is 5.92 Å². The van der Waals surface area contributed by atoms with Gasteiger partial charge in [0.15, 0.2) is 5.92 Å². The van der Waals surface area contributed by atoms with E-state index < -0.39 is 23.8 Å². The minimum absolute atomic E-state index is 0.0769. The number of nitrogens with one attached hydrogen (secondary N) is 1. The molecule has 1 aromatic rings. The van der Waals surface area contributed by atoms with Crippen LogP contribution < -0.4 is 10.1 Å². The first-order valence-corrected chi connectivity index (χ1v) is 9.20. The molecular weight excluding hydrogens is 390 g/mol. The lowest BCUT2D eigenvalue weighted by Crippen LogP contribution is -2.47. The fourth-order valence-electron chi connectivity index (χ4n) is 3.53. The van der Waals surface area contributed by atoms with Crippen LogP contribution in [0, 0.1) is 5.92 Å². The van der Waals surface area contributed by atoms with Crippen LogP contribution in [0.15, 0.2) is 22.7 Å². The van der Waals surface area contributed by atoms with Crippen molar-refractivity contribution in [1.82, 2.24) is 5.32 Å². The van der Waals surface area contributed by atoms with Crippen LogP contribution in [0.25, 0.3) is 0 Å². The highest BCUT2D eigenvalue weighted by Crippen LogP contribution is 2.40. The second-order valence-electron chi connectivity index (χ2n) is 6.43. The maximum Gasteiger partial charge on any atom is 0.326 e. The first kappa shape index (κ1) is 17.9. The lowest BCUT2D eigenvalue weighted by atomic mass is 9.82. The monoisotopic (exact) mass is 409 g/mol. The number of amides is 1. The summed E-state index contributed by atoms with van der Waals surface area (Å²) in [6, 6.07) is 5.13. The molecular formula is C18H20BrNO5. The third-order valence-electron chi connectivity index (χ3n) is 4.79. The van der Waals surface area contributed by atoms with Gasteiger partial charge in [-0.25, -0.2) is 0 Å². The first-order chi connectivity index (χ1) is 12.0. The Hall–Kier alpha value is -1.89. The summed E-state index contributed by atoms with van der Waals surface area (Å²) in [6.07, 6.45) is 5.14. The second kappa shape index (κ2) is 7.56. The molecule has 1 fully saturated rings. The van der Waals surface area contributed by atoms with Crippen LogP contribution >= 0.6 is 15.9 Å². The Morgan fingerprint density at radius 2 is 1.92 bits per heavy atom. The van der Waals surface area contributed by atoms with Gasteiger partial charge in [-0.3, -0.25) is 14.4 Å². The van der Waals surface area contributed by atoms with Gasteiger partial charge in [0.25, 0.3) is 0 Å². The average molecular weight is 410 g/mol. The third kappa shape index (κ3) is 3.71. The van der Waals surface area contributed by atoms with E-state index in [2.05, 4.69) is 21.2 Å². The predicted molar refractivity (Wildman–Crippen MR) is 93.0 cm³/mol. The van der Waals surface area contributed by atoms with E-state index in [1.165, 1.54) is 13.5 Å².